The summed E-state index contributed by atoms with van der Waals surface area (Å²) < 4.78 is 5.09. The van der Waals surface area contributed by atoms with E-state index in [2.05, 4.69) is 24.4 Å². The monoisotopic (exact) mass is 275 g/mol. The molecule has 1 aromatic rings. The van der Waals surface area contributed by atoms with Gasteiger partial charge in [0.15, 0.2) is 0 Å². The van der Waals surface area contributed by atoms with Crippen LogP contribution in [0.25, 0.3) is 0 Å². The normalized spacial score (nSPS) is 18.7. The molecule has 110 valence electrons. The van der Waals surface area contributed by atoms with E-state index in [1.165, 1.54) is 31.9 Å². The lowest BCUT2D eigenvalue weighted by Gasteiger charge is -2.34. The number of anilines is 1. The second-order valence-corrected chi connectivity index (χ2v) is 5.84. The first kappa shape index (κ1) is 14.9. The van der Waals surface area contributed by atoms with Crippen molar-refractivity contribution in [3.8, 4) is 0 Å². The summed E-state index contributed by atoms with van der Waals surface area (Å²) in [7, 11) is 1.49. The van der Waals surface area contributed by atoms with E-state index in [0.29, 0.717) is 0 Å². The summed E-state index contributed by atoms with van der Waals surface area (Å²) in [5, 5.41) is 3.48. The number of ether oxygens (including phenoxy) is 1. The first-order chi connectivity index (χ1) is 9.66. The van der Waals surface area contributed by atoms with Crippen molar-refractivity contribution in [2.24, 2.45) is 0 Å². The van der Waals surface area contributed by atoms with Crippen LogP contribution < -0.4 is 5.32 Å². The fourth-order valence-electron chi connectivity index (χ4n) is 3.08. The van der Waals surface area contributed by atoms with Gasteiger partial charge in [0.05, 0.1) is 7.11 Å². The summed E-state index contributed by atoms with van der Waals surface area (Å²) >= 11 is 0. The van der Waals surface area contributed by atoms with Crippen LogP contribution in [0.5, 0.6) is 0 Å². The lowest BCUT2D eigenvalue weighted by atomic mass is 9.83. The van der Waals surface area contributed by atoms with Crippen molar-refractivity contribution in [1.82, 2.24) is 0 Å². The molecular weight excluding hydrogens is 250 g/mol. The van der Waals surface area contributed by atoms with E-state index in [-0.39, 0.29) is 5.97 Å². The zero-order chi connectivity index (χ0) is 14.4. The summed E-state index contributed by atoms with van der Waals surface area (Å²) in [5.41, 5.74) is 1.65. The van der Waals surface area contributed by atoms with E-state index in [1.54, 1.807) is 0 Å². The second kappa shape index (κ2) is 6.78. The largest absolute Gasteiger partial charge is 0.467 e. The number of carbonyl (C=O) groups is 1. The zero-order valence-corrected chi connectivity index (χ0v) is 12.6. The molecule has 0 aromatic heterocycles. The molecule has 0 heterocycles. The number of hydrogen-bond acceptors (Lipinski definition) is 3. The van der Waals surface area contributed by atoms with Crippen LogP contribution in [0.2, 0.25) is 0 Å². The van der Waals surface area contributed by atoms with Crippen LogP contribution in [-0.2, 0) is 9.53 Å². The van der Waals surface area contributed by atoms with Crippen molar-refractivity contribution in [2.75, 3.05) is 12.4 Å². The van der Waals surface area contributed by atoms with Gasteiger partial charge in [0.25, 0.3) is 0 Å². The molecular formula is C17H25NO2. The molecule has 0 unspecified atom stereocenters. The number of benzene rings is 1. The third-order valence-corrected chi connectivity index (χ3v) is 4.18. The maximum absolute atomic E-state index is 12.4. The first-order valence-electron chi connectivity index (χ1n) is 7.59. The molecule has 0 aliphatic heterocycles. The summed E-state index contributed by atoms with van der Waals surface area (Å²) in [6.45, 7) is 2.06. The van der Waals surface area contributed by atoms with E-state index < -0.39 is 5.54 Å². The van der Waals surface area contributed by atoms with E-state index in [0.717, 1.165) is 31.4 Å². The highest BCUT2D eigenvalue weighted by Crippen LogP contribution is 2.31. The molecule has 3 nitrogen and oxygen atoms in total. The van der Waals surface area contributed by atoms with Gasteiger partial charge in [-0.1, -0.05) is 44.2 Å². The summed E-state index contributed by atoms with van der Waals surface area (Å²) in [6, 6.07) is 8.19. The fraction of sp³-hybridized carbons (Fsp3) is 0.588. The predicted octanol–water partition coefficient (Wildman–Crippen LogP) is 4.06. The minimum Gasteiger partial charge on any atom is -0.467 e. The maximum atomic E-state index is 12.4. The average molecular weight is 275 g/mol. The molecule has 1 N–H and O–H groups in total. The van der Waals surface area contributed by atoms with Gasteiger partial charge in [-0.15, -0.1) is 0 Å². The third-order valence-electron chi connectivity index (χ3n) is 4.18. The number of carbonyl (C=O) groups excluding carboxylic acids is 1. The van der Waals surface area contributed by atoms with Crippen LogP contribution in [0.15, 0.2) is 24.3 Å². The number of aryl methyl sites for hydroxylation is 1. The Morgan fingerprint density at radius 1 is 1.15 bits per heavy atom. The Balaban J connectivity index is 2.23. The van der Waals surface area contributed by atoms with Crippen molar-refractivity contribution in [3.63, 3.8) is 0 Å². The highest BCUT2D eigenvalue weighted by molar-refractivity contribution is 5.84. The highest BCUT2D eigenvalue weighted by atomic mass is 16.5. The van der Waals surface area contributed by atoms with Gasteiger partial charge in [0.1, 0.15) is 5.54 Å². The molecule has 3 heteroatoms. The van der Waals surface area contributed by atoms with Crippen LogP contribution in [0, 0.1) is 6.92 Å². The minimum absolute atomic E-state index is 0.124. The lowest BCUT2D eigenvalue weighted by Crippen LogP contribution is -2.47. The Kier molecular flexibility index (Phi) is 5.05. The molecule has 0 spiro atoms. The Labute approximate surface area is 121 Å². The molecule has 1 aliphatic carbocycles. The van der Waals surface area contributed by atoms with Gasteiger partial charge in [-0.05, 0) is 37.5 Å². The Morgan fingerprint density at radius 3 is 2.40 bits per heavy atom. The van der Waals surface area contributed by atoms with Crippen LogP contribution >= 0.6 is 0 Å². The summed E-state index contributed by atoms with van der Waals surface area (Å²) in [4.78, 5) is 12.4. The van der Waals surface area contributed by atoms with Gasteiger partial charge >= 0.3 is 5.97 Å². The summed E-state index contributed by atoms with van der Waals surface area (Å²) in [6.07, 6.45) is 7.55. The molecule has 0 radical (unpaired) electrons. The Bertz CT molecular complexity index is 448. The van der Waals surface area contributed by atoms with Crippen LogP contribution in [0.4, 0.5) is 5.69 Å². The van der Waals surface area contributed by atoms with Crippen molar-refractivity contribution < 1.29 is 9.53 Å². The number of hydrogen-bond donors (Lipinski definition) is 1. The Hall–Kier alpha value is -1.51. The SMILES string of the molecule is COC(=O)C1(Nc2cccc(C)c2)CCCCCCC1. The summed E-state index contributed by atoms with van der Waals surface area (Å²) in [5.74, 6) is -0.124. The number of nitrogens with one attached hydrogen (secondary N) is 1. The van der Waals surface area contributed by atoms with Gasteiger partial charge in [-0.3, -0.25) is 0 Å². The zero-order valence-electron chi connectivity index (χ0n) is 12.6. The molecule has 20 heavy (non-hydrogen) atoms. The molecule has 2 rings (SSSR count). The van der Waals surface area contributed by atoms with Gasteiger partial charge in [0.2, 0.25) is 0 Å². The lowest BCUT2D eigenvalue weighted by molar-refractivity contribution is -0.146. The molecule has 0 bridgehead atoms. The van der Waals surface area contributed by atoms with E-state index in [4.69, 9.17) is 4.74 Å². The molecule has 0 atom stereocenters. The maximum Gasteiger partial charge on any atom is 0.331 e. The topological polar surface area (TPSA) is 38.3 Å². The van der Waals surface area contributed by atoms with Crippen LogP contribution in [-0.4, -0.2) is 18.6 Å². The smallest absolute Gasteiger partial charge is 0.331 e. The average Bonchev–Trinajstić information content (AvgIpc) is 2.41. The second-order valence-electron chi connectivity index (χ2n) is 5.84. The molecule has 0 saturated heterocycles. The van der Waals surface area contributed by atoms with Gasteiger partial charge in [0, 0.05) is 5.69 Å². The van der Waals surface area contributed by atoms with Crippen LogP contribution in [0.1, 0.15) is 50.5 Å². The molecule has 1 aliphatic rings. The van der Waals surface area contributed by atoms with Crippen molar-refractivity contribution in [2.45, 2.75) is 57.4 Å². The van der Waals surface area contributed by atoms with Gasteiger partial charge in [-0.25, -0.2) is 4.79 Å². The van der Waals surface area contributed by atoms with Crippen molar-refractivity contribution in [3.05, 3.63) is 29.8 Å². The molecule has 1 aromatic carbocycles. The highest BCUT2D eigenvalue weighted by Gasteiger charge is 2.39. The van der Waals surface area contributed by atoms with Gasteiger partial charge < -0.3 is 10.1 Å². The quantitative estimate of drug-likeness (QED) is 0.845. The number of rotatable bonds is 3. The molecule has 0 amide bonds. The molecule has 1 saturated carbocycles. The first-order valence-corrected chi connectivity index (χ1v) is 7.59. The minimum atomic E-state index is -0.553. The van der Waals surface area contributed by atoms with E-state index in [1.807, 2.05) is 12.1 Å². The van der Waals surface area contributed by atoms with E-state index >= 15 is 0 Å². The fourth-order valence-corrected chi connectivity index (χ4v) is 3.08. The van der Waals surface area contributed by atoms with Crippen LogP contribution in [0.3, 0.4) is 0 Å². The Morgan fingerprint density at radius 2 is 1.80 bits per heavy atom. The van der Waals surface area contributed by atoms with Gasteiger partial charge in [-0.2, -0.15) is 0 Å². The number of esters is 1. The third kappa shape index (κ3) is 3.53. The standard InChI is InChI=1S/C17H25NO2/c1-14-9-8-10-15(13-14)18-17(16(19)20-2)11-6-4-3-5-7-12-17/h8-10,13,18H,3-7,11-12H2,1-2H3. The van der Waals surface area contributed by atoms with Crippen molar-refractivity contribution >= 4 is 11.7 Å². The number of methoxy groups -OCH3 is 1. The van der Waals surface area contributed by atoms with Crippen molar-refractivity contribution in [1.29, 1.82) is 0 Å². The van der Waals surface area contributed by atoms with E-state index in [9.17, 15) is 4.79 Å². The molecule has 1 fully saturated rings. The predicted molar refractivity (Wildman–Crippen MR) is 81.9 cm³/mol.